The lowest BCUT2D eigenvalue weighted by molar-refractivity contribution is -0.124. The lowest BCUT2D eigenvalue weighted by atomic mass is 9.97. The molecule has 3 saturated heterocycles. The second-order valence-corrected chi connectivity index (χ2v) is 11.5. The summed E-state index contributed by atoms with van der Waals surface area (Å²) < 4.78 is 53.4. The van der Waals surface area contributed by atoms with Crippen LogP contribution in [0.1, 0.15) is 5.76 Å². The van der Waals surface area contributed by atoms with E-state index in [2.05, 4.69) is 10.6 Å². The van der Waals surface area contributed by atoms with E-state index in [9.17, 15) is 21.6 Å². The summed E-state index contributed by atoms with van der Waals surface area (Å²) in [4.78, 5) is 14.2. The molecule has 1 aromatic heterocycles. The van der Waals surface area contributed by atoms with Crippen molar-refractivity contribution in [3.63, 3.8) is 0 Å². The summed E-state index contributed by atoms with van der Waals surface area (Å²) in [5, 5.41) is 5.94. The summed E-state index contributed by atoms with van der Waals surface area (Å²) >= 11 is 0. The number of carbonyl (C=O) groups excluding carboxylic acids is 1. The summed E-state index contributed by atoms with van der Waals surface area (Å²) in [5.74, 6) is 0.172. The third kappa shape index (κ3) is 3.53. The molecule has 0 radical (unpaired) electrons. The van der Waals surface area contributed by atoms with E-state index in [4.69, 9.17) is 4.42 Å². The van der Waals surface area contributed by atoms with Crippen molar-refractivity contribution < 1.29 is 26.0 Å². The van der Waals surface area contributed by atoms with E-state index in [-0.39, 0.29) is 66.2 Å². The van der Waals surface area contributed by atoms with Crippen molar-refractivity contribution in [1.82, 2.24) is 15.5 Å². The molecule has 0 aliphatic carbocycles. The SMILES string of the molecule is O=C(CN1C2CS(=O)(=O)CC2NC2CS(=O)(=O)CC21)NCc1ccco1. The predicted octanol–water partition coefficient (Wildman–Crippen LogP) is -1.87. The molecule has 144 valence electrons. The number of amides is 1. The summed E-state index contributed by atoms with van der Waals surface area (Å²) in [6.45, 7) is 0.201. The monoisotopic (exact) mass is 403 g/mol. The minimum atomic E-state index is -3.21. The third-order valence-electron chi connectivity index (χ3n) is 5.29. The molecule has 3 fully saturated rings. The second kappa shape index (κ2) is 6.32. The Morgan fingerprint density at radius 2 is 1.73 bits per heavy atom. The molecule has 1 amide bonds. The highest BCUT2D eigenvalue weighted by Gasteiger charge is 2.54. The number of furan rings is 1. The van der Waals surface area contributed by atoms with E-state index in [1.54, 1.807) is 17.0 Å². The van der Waals surface area contributed by atoms with Gasteiger partial charge in [0.2, 0.25) is 5.91 Å². The first-order valence-corrected chi connectivity index (χ1v) is 12.1. The summed E-state index contributed by atoms with van der Waals surface area (Å²) in [6, 6.07) is 2.01. The largest absolute Gasteiger partial charge is 0.467 e. The molecule has 4 atom stereocenters. The Morgan fingerprint density at radius 3 is 2.27 bits per heavy atom. The minimum absolute atomic E-state index is 0.0224. The normalized spacial score (nSPS) is 34.9. The maximum absolute atomic E-state index is 12.4. The van der Waals surface area contributed by atoms with Crippen molar-refractivity contribution in [2.75, 3.05) is 29.6 Å². The van der Waals surface area contributed by atoms with E-state index in [0.29, 0.717) is 5.76 Å². The fraction of sp³-hybridized carbons (Fsp3) is 0.667. The molecule has 4 unspecified atom stereocenters. The second-order valence-electron chi connectivity index (χ2n) is 7.20. The maximum Gasteiger partial charge on any atom is 0.234 e. The Hall–Kier alpha value is -1.43. The average Bonchev–Trinajstić information content (AvgIpc) is 3.21. The van der Waals surface area contributed by atoms with Crippen LogP contribution in [0.5, 0.6) is 0 Å². The van der Waals surface area contributed by atoms with Gasteiger partial charge in [-0.3, -0.25) is 9.69 Å². The Morgan fingerprint density at radius 1 is 1.12 bits per heavy atom. The molecule has 9 nitrogen and oxygen atoms in total. The molecule has 11 heteroatoms. The number of sulfone groups is 2. The predicted molar refractivity (Wildman–Crippen MR) is 92.9 cm³/mol. The zero-order valence-corrected chi connectivity index (χ0v) is 15.6. The fourth-order valence-electron chi connectivity index (χ4n) is 4.21. The van der Waals surface area contributed by atoms with E-state index in [1.807, 2.05) is 0 Å². The highest BCUT2D eigenvalue weighted by atomic mass is 32.2. The van der Waals surface area contributed by atoms with Crippen molar-refractivity contribution in [2.24, 2.45) is 0 Å². The smallest absolute Gasteiger partial charge is 0.234 e. The first-order valence-electron chi connectivity index (χ1n) is 8.44. The van der Waals surface area contributed by atoms with Crippen LogP contribution in [0.25, 0.3) is 0 Å². The first-order chi connectivity index (χ1) is 12.2. The van der Waals surface area contributed by atoms with Gasteiger partial charge in [0.15, 0.2) is 19.7 Å². The lowest BCUT2D eigenvalue weighted by Gasteiger charge is -2.44. The lowest BCUT2D eigenvalue weighted by Crippen LogP contribution is -2.67. The Balaban J connectivity index is 1.51. The van der Waals surface area contributed by atoms with Crippen molar-refractivity contribution in [3.05, 3.63) is 24.2 Å². The molecule has 4 heterocycles. The number of nitrogens with zero attached hydrogens (tertiary/aromatic N) is 1. The zero-order valence-electron chi connectivity index (χ0n) is 14.0. The van der Waals surface area contributed by atoms with E-state index < -0.39 is 19.7 Å². The molecule has 0 bridgehead atoms. The number of rotatable bonds is 4. The molecule has 0 spiro atoms. The number of nitrogens with one attached hydrogen (secondary N) is 2. The molecule has 2 N–H and O–H groups in total. The quantitative estimate of drug-likeness (QED) is 0.599. The van der Waals surface area contributed by atoms with Crippen LogP contribution >= 0.6 is 0 Å². The van der Waals surface area contributed by atoms with Gasteiger partial charge in [0.25, 0.3) is 0 Å². The van der Waals surface area contributed by atoms with Crippen LogP contribution in [0, 0.1) is 0 Å². The van der Waals surface area contributed by atoms with Gasteiger partial charge in [-0.05, 0) is 12.1 Å². The molecule has 3 aliphatic heterocycles. The third-order valence-corrected chi connectivity index (χ3v) is 8.72. The zero-order chi connectivity index (χ0) is 18.5. The fourth-order valence-corrected chi connectivity index (χ4v) is 8.10. The van der Waals surface area contributed by atoms with Crippen molar-refractivity contribution in [2.45, 2.75) is 30.7 Å². The van der Waals surface area contributed by atoms with Gasteiger partial charge in [-0.1, -0.05) is 0 Å². The van der Waals surface area contributed by atoms with Gasteiger partial charge in [0.05, 0.1) is 42.4 Å². The van der Waals surface area contributed by atoms with Gasteiger partial charge in [-0.2, -0.15) is 0 Å². The van der Waals surface area contributed by atoms with Crippen LogP contribution in [0.3, 0.4) is 0 Å². The van der Waals surface area contributed by atoms with Gasteiger partial charge in [-0.25, -0.2) is 16.8 Å². The van der Waals surface area contributed by atoms with Crippen LogP contribution in [0.2, 0.25) is 0 Å². The van der Waals surface area contributed by atoms with Gasteiger partial charge < -0.3 is 15.1 Å². The standard InChI is InChI=1S/C15H21N3O6S2/c19-15(16-4-10-2-1-3-24-10)5-18-13-8-25(20,21)6-11(13)17-12-7-26(22,23)9-14(12)18/h1-3,11-14,17H,4-9H2,(H,16,19). The summed E-state index contributed by atoms with van der Waals surface area (Å²) in [7, 11) is -6.41. The van der Waals surface area contributed by atoms with Crippen molar-refractivity contribution in [1.29, 1.82) is 0 Å². The molecule has 1 aromatic rings. The number of hydrogen-bond acceptors (Lipinski definition) is 8. The molecule has 26 heavy (non-hydrogen) atoms. The van der Waals surface area contributed by atoms with Crippen molar-refractivity contribution >= 4 is 25.6 Å². The molecule has 4 rings (SSSR count). The molecule has 3 aliphatic rings. The van der Waals surface area contributed by atoms with Crippen LogP contribution in [-0.4, -0.2) is 81.4 Å². The average molecular weight is 403 g/mol. The Kier molecular flexibility index (Phi) is 4.37. The van der Waals surface area contributed by atoms with Gasteiger partial charge in [-0.15, -0.1) is 0 Å². The Bertz CT molecular complexity index is 848. The van der Waals surface area contributed by atoms with E-state index >= 15 is 0 Å². The molecular weight excluding hydrogens is 382 g/mol. The molecule has 0 saturated carbocycles. The summed E-state index contributed by atoms with van der Waals surface area (Å²) in [6.07, 6.45) is 1.51. The van der Waals surface area contributed by atoms with Crippen LogP contribution in [-0.2, 0) is 31.0 Å². The van der Waals surface area contributed by atoms with Crippen LogP contribution < -0.4 is 10.6 Å². The summed E-state index contributed by atoms with van der Waals surface area (Å²) in [5.41, 5.74) is 0. The van der Waals surface area contributed by atoms with E-state index in [1.165, 1.54) is 6.26 Å². The van der Waals surface area contributed by atoms with E-state index in [0.717, 1.165) is 0 Å². The van der Waals surface area contributed by atoms with Gasteiger partial charge >= 0.3 is 0 Å². The number of piperazine rings is 1. The Labute approximate surface area is 151 Å². The van der Waals surface area contributed by atoms with Gasteiger partial charge in [0.1, 0.15) is 5.76 Å². The number of fused-ring (bicyclic) bond motifs is 2. The molecular formula is C15H21N3O6S2. The first kappa shape index (κ1) is 18.0. The minimum Gasteiger partial charge on any atom is -0.467 e. The number of carbonyl (C=O) groups is 1. The maximum atomic E-state index is 12.4. The van der Waals surface area contributed by atoms with Crippen molar-refractivity contribution in [3.8, 4) is 0 Å². The van der Waals surface area contributed by atoms with Crippen LogP contribution in [0.4, 0.5) is 0 Å². The highest BCUT2D eigenvalue weighted by Crippen LogP contribution is 2.31. The number of hydrogen-bond donors (Lipinski definition) is 2. The van der Waals surface area contributed by atoms with Gasteiger partial charge in [0, 0.05) is 24.2 Å². The van der Waals surface area contributed by atoms with Crippen LogP contribution in [0.15, 0.2) is 22.8 Å². The topological polar surface area (TPSA) is 126 Å². The highest BCUT2D eigenvalue weighted by molar-refractivity contribution is 7.92. The molecule has 0 aromatic carbocycles.